The summed E-state index contributed by atoms with van der Waals surface area (Å²) in [6.07, 6.45) is 15.2. The summed E-state index contributed by atoms with van der Waals surface area (Å²) in [4.78, 5) is 6.93. The molecule has 0 fully saturated rings. The molecule has 1 aliphatic heterocycles. The molecule has 0 N–H and O–H groups in total. The Bertz CT molecular complexity index is 1340. The average molecular weight is 556 g/mol. The molecule has 5 rings (SSSR count). The molecule has 0 amide bonds. The van der Waals surface area contributed by atoms with E-state index in [1.165, 1.54) is 112 Å². The zero-order chi connectivity index (χ0) is 27.0. The number of nitrogens with zero attached hydrogens (tertiary/aromatic N) is 1. The molecule has 3 heteroatoms. The first kappa shape index (κ1) is 28.2. The van der Waals surface area contributed by atoms with Gasteiger partial charge in [-0.1, -0.05) is 76.6 Å². The van der Waals surface area contributed by atoms with Crippen molar-refractivity contribution in [3.05, 3.63) is 82.2 Å². The number of benzene rings is 2. The second-order valence-corrected chi connectivity index (χ2v) is 13.1. The monoisotopic (exact) mass is 555 g/mol. The van der Waals surface area contributed by atoms with Crippen molar-refractivity contribution in [3.63, 3.8) is 0 Å². The van der Waals surface area contributed by atoms with Gasteiger partial charge in [-0.3, -0.25) is 0 Å². The highest BCUT2D eigenvalue weighted by atomic mass is 32.1. The molecule has 0 atom stereocenters. The smallest absolute Gasteiger partial charge is 0.0481 e. The maximum atomic E-state index is 2.53. The SMILES string of the molecule is CCCCCCc1csc(-c2sc(-c3ccc4c(c3)CCc3ccccc3N4CC)cc2CCCCCC)c1. The molecule has 0 unspecified atom stereocenters. The van der Waals surface area contributed by atoms with E-state index in [9.17, 15) is 0 Å². The van der Waals surface area contributed by atoms with Crippen molar-refractivity contribution < 1.29 is 0 Å². The van der Waals surface area contributed by atoms with E-state index in [1.54, 1.807) is 5.56 Å². The van der Waals surface area contributed by atoms with Gasteiger partial charge in [-0.25, -0.2) is 0 Å². The van der Waals surface area contributed by atoms with Crippen LogP contribution in [0.15, 0.2) is 60.0 Å². The molecule has 0 radical (unpaired) electrons. The van der Waals surface area contributed by atoms with Gasteiger partial charge in [0.25, 0.3) is 0 Å². The summed E-state index contributed by atoms with van der Waals surface area (Å²) in [5.41, 5.74) is 10.2. The fraction of sp³-hybridized carbons (Fsp3) is 0.444. The maximum Gasteiger partial charge on any atom is 0.0481 e. The summed E-state index contributed by atoms with van der Waals surface area (Å²) in [5, 5.41) is 2.42. The van der Waals surface area contributed by atoms with E-state index < -0.39 is 0 Å². The molecule has 0 bridgehead atoms. The quantitative estimate of drug-likeness (QED) is 0.148. The minimum atomic E-state index is 0.994. The van der Waals surface area contributed by atoms with Gasteiger partial charge in [0.15, 0.2) is 0 Å². The zero-order valence-electron chi connectivity index (χ0n) is 24.2. The van der Waals surface area contributed by atoms with Gasteiger partial charge < -0.3 is 4.90 Å². The number of fused-ring (bicyclic) bond motifs is 2. The van der Waals surface area contributed by atoms with E-state index in [2.05, 4.69) is 85.6 Å². The lowest BCUT2D eigenvalue weighted by Crippen LogP contribution is -2.17. The van der Waals surface area contributed by atoms with Gasteiger partial charge in [-0.05, 0) is 109 Å². The fourth-order valence-corrected chi connectivity index (χ4v) is 8.33. The molecule has 4 aromatic rings. The summed E-state index contributed by atoms with van der Waals surface area (Å²) in [6, 6.07) is 21.2. The van der Waals surface area contributed by atoms with E-state index in [-0.39, 0.29) is 0 Å². The molecule has 2 aromatic heterocycles. The van der Waals surface area contributed by atoms with E-state index in [0.29, 0.717) is 0 Å². The van der Waals surface area contributed by atoms with Gasteiger partial charge in [0.05, 0.1) is 0 Å². The third-order valence-electron chi connectivity index (χ3n) is 8.22. The first-order chi connectivity index (χ1) is 19.2. The van der Waals surface area contributed by atoms with E-state index in [0.717, 1.165) is 19.4 Å². The number of thiophene rings is 2. The highest BCUT2D eigenvalue weighted by molar-refractivity contribution is 7.23. The molecule has 2 aromatic carbocycles. The van der Waals surface area contributed by atoms with Crippen molar-refractivity contribution in [1.29, 1.82) is 0 Å². The third-order valence-corrected chi connectivity index (χ3v) is 10.6. The van der Waals surface area contributed by atoms with Gasteiger partial charge in [-0.2, -0.15) is 0 Å². The molecule has 206 valence electrons. The van der Waals surface area contributed by atoms with Crippen molar-refractivity contribution in [1.82, 2.24) is 0 Å². The minimum absolute atomic E-state index is 0.994. The van der Waals surface area contributed by atoms with Crippen LogP contribution >= 0.6 is 22.7 Å². The number of para-hydroxylation sites is 1. The fourth-order valence-electron chi connectivity index (χ4n) is 6.02. The predicted molar refractivity (Wildman–Crippen MR) is 175 cm³/mol. The molecular weight excluding hydrogens is 511 g/mol. The predicted octanol–water partition coefficient (Wildman–Crippen LogP) is 11.6. The van der Waals surface area contributed by atoms with Gasteiger partial charge in [-0.15, -0.1) is 22.7 Å². The minimum Gasteiger partial charge on any atom is -0.341 e. The Morgan fingerprint density at radius 2 is 1.44 bits per heavy atom. The topological polar surface area (TPSA) is 3.24 Å². The molecule has 0 aliphatic carbocycles. The molecule has 0 saturated heterocycles. The summed E-state index contributed by atoms with van der Waals surface area (Å²) in [5.74, 6) is 0. The number of hydrogen-bond donors (Lipinski definition) is 0. The van der Waals surface area contributed by atoms with E-state index in [1.807, 2.05) is 22.7 Å². The largest absolute Gasteiger partial charge is 0.341 e. The average Bonchev–Trinajstić information content (AvgIpc) is 3.57. The van der Waals surface area contributed by atoms with Crippen LogP contribution in [0.4, 0.5) is 11.4 Å². The third kappa shape index (κ3) is 6.69. The van der Waals surface area contributed by atoms with Crippen LogP contribution in [0.25, 0.3) is 20.2 Å². The molecule has 0 spiro atoms. The lowest BCUT2D eigenvalue weighted by atomic mass is 10.0. The highest BCUT2D eigenvalue weighted by Gasteiger charge is 2.21. The molecular formula is C36H45NS2. The van der Waals surface area contributed by atoms with Crippen molar-refractivity contribution in [2.24, 2.45) is 0 Å². The molecule has 1 nitrogen and oxygen atoms in total. The van der Waals surface area contributed by atoms with Crippen LogP contribution in [0.2, 0.25) is 0 Å². The van der Waals surface area contributed by atoms with Crippen molar-refractivity contribution in [3.8, 4) is 20.2 Å². The molecule has 0 saturated carbocycles. The zero-order valence-corrected chi connectivity index (χ0v) is 25.9. The maximum absolute atomic E-state index is 2.53. The van der Waals surface area contributed by atoms with E-state index >= 15 is 0 Å². The van der Waals surface area contributed by atoms with Crippen LogP contribution in [-0.2, 0) is 25.7 Å². The number of aryl methyl sites for hydroxylation is 4. The summed E-state index contributed by atoms with van der Waals surface area (Å²) in [6.45, 7) is 7.86. The normalized spacial score (nSPS) is 12.8. The standard InChI is InChI=1S/C36H45NS2/c1-4-7-9-11-15-27-23-35(38-26-27)36-31(17-12-10-8-5-2)25-34(39-36)30-21-22-33-29(24-30)20-19-28-16-13-14-18-32(28)37(33)6-3/h13-14,16,18,21-26H,4-12,15,17,19-20H2,1-3H3. The highest BCUT2D eigenvalue weighted by Crippen LogP contribution is 2.44. The first-order valence-corrected chi connectivity index (χ1v) is 17.1. The van der Waals surface area contributed by atoms with Gasteiger partial charge >= 0.3 is 0 Å². The Morgan fingerprint density at radius 1 is 0.692 bits per heavy atom. The van der Waals surface area contributed by atoms with Crippen LogP contribution in [-0.4, -0.2) is 6.54 Å². The van der Waals surface area contributed by atoms with Gasteiger partial charge in [0.1, 0.15) is 0 Å². The number of unbranched alkanes of at least 4 members (excludes halogenated alkanes) is 6. The van der Waals surface area contributed by atoms with Gasteiger partial charge in [0, 0.05) is 32.6 Å². The van der Waals surface area contributed by atoms with Gasteiger partial charge in [0.2, 0.25) is 0 Å². The number of rotatable bonds is 13. The Kier molecular flexibility index (Phi) is 9.98. The Balaban J connectivity index is 1.43. The van der Waals surface area contributed by atoms with Crippen molar-refractivity contribution in [2.45, 2.75) is 97.8 Å². The first-order valence-electron chi connectivity index (χ1n) is 15.4. The van der Waals surface area contributed by atoms with Crippen LogP contribution in [0, 0.1) is 0 Å². The number of anilines is 2. The lowest BCUT2D eigenvalue weighted by molar-refractivity contribution is 0.667. The van der Waals surface area contributed by atoms with Crippen molar-refractivity contribution >= 4 is 34.0 Å². The Morgan fingerprint density at radius 3 is 2.23 bits per heavy atom. The lowest BCUT2D eigenvalue weighted by Gasteiger charge is -2.25. The van der Waals surface area contributed by atoms with Crippen LogP contribution in [0.1, 0.15) is 94.4 Å². The second-order valence-electron chi connectivity index (χ2n) is 11.1. The Labute approximate surface area is 244 Å². The molecule has 3 heterocycles. The van der Waals surface area contributed by atoms with Crippen molar-refractivity contribution in [2.75, 3.05) is 11.4 Å². The van der Waals surface area contributed by atoms with E-state index in [4.69, 9.17) is 0 Å². The number of hydrogen-bond acceptors (Lipinski definition) is 3. The summed E-state index contributed by atoms with van der Waals surface area (Å²) < 4.78 is 0. The molecule has 1 aliphatic rings. The molecule has 39 heavy (non-hydrogen) atoms. The van der Waals surface area contributed by atoms with Crippen LogP contribution in [0.5, 0.6) is 0 Å². The Hall–Kier alpha value is -2.36. The second kappa shape index (κ2) is 13.8. The summed E-state index contributed by atoms with van der Waals surface area (Å²) in [7, 11) is 0. The summed E-state index contributed by atoms with van der Waals surface area (Å²) >= 11 is 3.98. The van der Waals surface area contributed by atoms with Crippen LogP contribution < -0.4 is 4.90 Å². The van der Waals surface area contributed by atoms with Crippen LogP contribution in [0.3, 0.4) is 0 Å².